The number of halogens is 1. The van der Waals surface area contributed by atoms with E-state index in [2.05, 4.69) is 26.6 Å². The van der Waals surface area contributed by atoms with Crippen molar-refractivity contribution >= 4 is 45.4 Å². The number of carboxylic acid groups (broad SMARTS) is 1. The van der Waals surface area contributed by atoms with Crippen molar-refractivity contribution in [3.8, 4) is 0 Å². The Morgan fingerprint density at radius 2 is 1.65 bits per heavy atom. The van der Waals surface area contributed by atoms with E-state index in [0.717, 1.165) is 31.2 Å². The van der Waals surface area contributed by atoms with Crippen molar-refractivity contribution in [3.05, 3.63) is 99.5 Å². The quantitative estimate of drug-likeness (QED) is 0.150. The third kappa shape index (κ3) is 8.75. The van der Waals surface area contributed by atoms with Crippen molar-refractivity contribution in [2.24, 2.45) is 17.6 Å². The highest BCUT2D eigenvalue weighted by molar-refractivity contribution is 9.10. The van der Waals surface area contributed by atoms with Crippen LogP contribution in [0.3, 0.4) is 0 Å². The van der Waals surface area contributed by atoms with Crippen LogP contribution in [0.5, 0.6) is 0 Å². The number of rotatable bonds is 11. The lowest BCUT2D eigenvalue weighted by molar-refractivity contribution is -0.130. The van der Waals surface area contributed by atoms with Crippen LogP contribution in [0.15, 0.2) is 77.3 Å². The van der Waals surface area contributed by atoms with E-state index in [1.54, 1.807) is 66.7 Å². The summed E-state index contributed by atoms with van der Waals surface area (Å²) in [5.74, 6) is -0.415. The molecule has 1 fully saturated rings. The van der Waals surface area contributed by atoms with E-state index < -0.39 is 24.2 Å². The first-order valence-electron chi connectivity index (χ1n) is 14.3. The van der Waals surface area contributed by atoms with E-state index in [9.17, 15) is 24.3 Å². The van der Waals surface area contributed by atoms with E-state index in [4.69, 9.17) is 10.5 Å². The Morgan fingerprint density at radius 1 is 0.977 bits per heavy atom. The molecule has 1 aliphatic carbocycles. The molecule has 9 nitrogen and oxygen atoms in total. The predicted octanol–water partition coefficient (Wildman–Crippen LogP) is 5.87. The van der Waals surface area contributed by atoms with Crippen molar-refractivity contribution < 1.29 is 29.0 Å². The first kappa shape index (κ1) is 31.9. The third-order valence-electron chi connectivity index (χ3n) is 7.85. The molecule has 43 heavy (non-hydrogen) atoms. The van der Waals surface area contributed by atoms with E-state index in [1.165, 1.54) is 6.92 Å². The summed E-state index contributed by atoms with van der Waals surface area (Å²) in [5.41, 5.74) is 8.87. The first-order valence-corrected chi connectivity index (χ1v) is 15.1. The van der Waals surface area contributed by atoms with Gasteiger partial charge in [-0.15, -0.1) is 0 Å². The summed E-state index contributed by atoms with van der Waals surface area (Å²) in [4.78, 5) is 49.9. The van der Waals surface area contributed by atoms with Crippen LogP contribution < -0.4 is 16.4 Å². The van der Waals surface area contributed by atoms with Crippen LogP contribution in [-0.2, 0) is 20.7 Å². The number of nitrogens with one attached hydrogen (secondary N) is 2. The van der Waals surface area contributed by atoms with Gasteiger partial charge in [-0.3, -0.25) is 14.4 Å². The molecule has 5 N–H and O–H groups in total. The number of carbonyl (C=O) groups excluding carboxylic acids is 3. The van der Waals surface area contributed by atoms with Gasteiger partial charge in [0, 0.05) is 33.6 Å². The van der Waals surface area contributed by atoms with Crippen LogP contribution in [-0.4, -0.2) is 41.4 Å². The summed E-state index contributed by atoms with van der Waals surface area (Å²) in [5, 5.41) is 15.2. The maximum Gasteiger partial charge on any atom is 0.506 e. The number of hydrogen-bond acceptors (Lipinski definition) is 6. The summed E-state index contributed by atoms with van der Waals surface area (Å²) < 4.78 is 5.83. The molecule has 0 saturated heterocycles. The minimum Gasteiger partial charge on any atom is -0.450 e. The second-order valence-electron chi connectivity index (χ2n) is 10.9. The average molecular weight is 651 g/mol. The van der Waals surface area contributed by atoms with E-state index in [1.807, 2.05) is 6.07 Å². The molecule has 226 valence electrons. The normalized spacial score (nSPS) is 17.7. The Kier molecular flexibility index (Phi) is 11.1. The van der Waals surface area contributed by atoms with Crippen LogP contribution in [0.4, 0.5) is 10.5 Å². The van der Waals surface area contributed by atoms with Crippen molar-refractivity contribution in [2.45, 2.75) is 51.2 Å². The Bertz CT molecular complexity index is 1440. The molecule has 0 aliphatic heterocycles. The lowest BCUT2D eigenvalue weighted by Crippen LogP contribution is -2.48. The van der Waals surface area contributed by atoms with Gasteiger partial charge in [0.1, 0.15) is 6.04 Å². The van der Waals surface area contributed by atoms with Crippen LogP contribution in [0.25, 0.3) is 0 Å². The maximum absolute atomic E-state index is 13.5. The largest absolute Gasteiger partial charge is 0.506 e. The van der Waals surface area contributed by atoms with Crippen LogP contribution >= 0.6 is 15.9 Å². The Labute approximate surface area is 259 Å². The monoisotopic (exact) mass is 649 g/mol. The number of hydrogen-bond donors (Lipinski definition) is 4. The smallest absolute Gasteiger partial charge is 0.450 e. The summed E-state index contributed by atoms with van der Waals surface area (Å²) >= 11 is 3.56. The van der Waals surface area contributed by atoms with Gasteiger partial charge in [0.05, 0.1) is 0 Å². The fraction of sp³-hybridized carbons (Fsp3) is 0.333. The number of amides is 2. The van der Waals surface area contributed by atoms with Gasteiger partial charge in [-0.05, 0) is 86.5 Å². The third-order valence-corrected chi connectivity index (χ3v) is 8.54. The first-order chi connectivity index (χ1) is 20.6. The number of ketones is 1. The summed E-state index contributed by atoms with van der Waals surface area (Å²) in [7, 11) is 0. The molecule has 10 heteroatoms. The van der Waals surface area contributed by atoms with Crippen molar-refractivity contribution in [2.75, 3.05) is 11.9 Å². The van der Waals surface area contributed by atoms with Crippen LogP contribution in [0, 0.1) is 11.8 Å². The summed E-state index contributed by atoms with van der Waals surface area (Å²) in [6.07, 6.45) is 1.13. The van der Waals surface area contributed by atoms with E-state index in [0.29, 0.717) is 39.3 Å². The van der Waals surface area contributed by atoms with Gasteiger partial charge in [0.25, 0.3) is 0 Å². The molecule has 2 amide bonds. The molecule has 0 spiro atoms. The van der Waals surface area contributed by atoms with E-state index in [-0.39, 0.29) is 24.0 Å². The topological polar surface area (TPSA) is 148 Å². The van der Waals surface area contributed by atoms with E-state index >= 15 is 0 Å². The molecule has 3 aromatic rings. The van der Waals surface area contributed by atoms with Gasteiger partial charge >= 0.3 is 6.16 Å². The lowest BCUT2D eigenvalue weighted by Gasteiger charge is -2.28. The maximum atomic E-state index is 13.5. The van der Waals surface area contributed by atoms with Crippen molar-refractivity contribution in [1.29, 1.82) is 0 Å². The highest BCUT2D eigenvalue weighted by Gasteiger charge is 2.30. The van der Waals surface area contributed by atoms with Gasteiger partial charge in [-0.2, -0.15) is 0 Å². The molecule has 0 heterocycles. The van der Waals surface area contributed by atoms with Gasteiger partial charge in [0.15, 0.2) is 11.9 Å². The molecule has 4 rings (SSSR count). The lowest BCUT2D eigenvalue weighted by atomic mass is 9.81. The van der Waals surface area contributed by atoms with Crippen molar-refractivity contribution in [1.82, 2.24) is 5.32 Å². The molecule has 1 aliphatic rings. The minimum absolute atomic E-state index is 0.0790. The van der Waals surface area contributed by atoms with Crippen molar-refractivity contribution in [3.63, 3.8) is 0 Å². The molecular weight excluding hydrogens is 614 g/mol. The zero-order valence-corrected chi connectivity index (χ0v) is 25.5. The number of carbonyl (C=O) groups is 4. The molecule has 1 unspecified atom stereocenters. The molecule has 2 atom stereocenters. The molecule has 1 saturated carbocycles. The second-order valence-corrected chi connectivity index (χ2v) is 11.7. The minimum atomic E-state index is -1.40. The van der Waals surface area contributed by atoms with Gasteiger partial charge in [-0.25, -0.2) is 4.79 Å². The Balaban J connectivity index is 1.55. The van der Waals surface area contributed by atoms with Crippen LogP contribution in [0.1, 0.15) is 65.8 Å². The molecule has 0 aromatic heterocycles. The summed E-state index contributed by atoms with van der Waals surface area (Å²) in [6, 6.07) is 20.1. The Morgan fingerprint density at radius 3 is 2.23 bits per heavy atom. The predicted molar refractivity (Wildman–Crippen MR) is 167 cm³/mol. The number of nitrogens with two attached hydrogens (primary N) is 1. The van der Waals surface area contributed by atoms with Crippen LogP contribution in [0.2, 0.25) is 0 Å². The van der Waals surface area contributed by atoms with Gasteiger partial charge in [0.2, 0.25) is 11.8 Å². The zero-order chi connectivity index (χ0) is 30.9. The highest BCUT2D eigenvalue weighted by Crippen LogP contribution is 2.33. The van der Waals surface area contributed by atoms with Gasteiger partial charge in [-0.1, -0.05) is 58.4 Å². The molecule has 0 bridgehead atoms. The fourth-order valence-electron chi connectivity index (χ4n) is 5.36. The average Bonchev–Trinajstić information content (AvgIpc) is 3.00. The molecule has 0 radical (unpaired) electrons. The number of benzene rings is 3. The highest BCUT2D eigenvalue weighted by atomic mass is 79.9. The zero-order valence-electron chi connectivity index (χ0n) is 23.9. The molecule has 3 aromatic carbocycles. The number of anilines is 1. The number of Topliss-reactive ketones (excluding diaryl/α,β-unsaturated/α-hetero) is 1. The number of ether oxygens (including phenoxy) is 1. The van der Waals surface area contributed by atoms with Gasteiger partial charge < -0.3 is 26.2 Å². The molecular formula is C33H36BrN3O6. The second kappa shape index (κ2) is 14.9. The SMILES string of the molecule is CC(=O)c1ccc(NC(=O)[C@H](Cc2ccc(C(OC(=O)O)c3ccccc3)c(Br)c2)NC(=O)C2CCC(CN)CC2)cc1. The Hall–Kier alpha value is -4.02. The standard InChI is InChI=1S/C33H36BrN3O6/c1-20(38)23-12-14-26(15-13-23)36-32(40)29(37-31(39)25-10-7-21(19-35)8-11-25)18-22-9-16-27(28(34)17-22)30(43-33(41)42)24-5-3-2-4-6-24/h2-6,9,12-17,21,25,29-30H,7-8,10-11,18-19,35H2,1H3,(H,36,40)(H,37,39)(H,41,42)/t21?,25?,29-,30?/m0/s1. The summed E-state index contributed by atoms with van der Waals surface area (Å²) in [6.45, 7) is 2.08. The fourth-order valence-corrected chi connectivity index (χ4v) is 6.00.